The van der Waals surface area contributed by atoms with E-state index >= 15 is 0 Å². The molecule has 0 radical (unpaired) electrons. The van der Waals surface area contributed by atoms with E-state index in [-0.39, 0.29) is 5.91 Å². The third kappa shape index (κ3) is 3.25. The molecule has 118 valence electrons. The van der Waals surface area contributed by atoms with Gasteiger partial charge in [0.05, 0.1) is 0 Å². The topological polar surface area (TPSA) is 87.7 Å². The summed E-state index contributed by atoms with van der Waals surface area (Å²) in [5.74, 6) is -1.83. The lowest BCUT2D eigenvalue weighted by molar-refractivity contribution is -0.140. The van der Waals surface area contributed by atoms with Gasteiger partial charge in [-0.25, -0.2) is 0 Å². The lowest BCUT2D eigenvalue weighted by atomic mass is 10.1. The molecule has 1 atom stereocenters. The minimum Gasteiger partial charge on any atom is -0.385 e. The Morgan fingerprint density at radius 3 is 2.73 bits per heavy atom. The van der Waals surface area contributed by atoms with Crippen molar-refractivity contribution in [2.24, 2.45) is 0 Å². The van der Waals surface area contributed by atoms with E-state index in [0.29, 0.717) is 25.1 Å². The number of likely N-dealkylation sites (N-methyl/N-ethyl adjacent to an activating group) is 1. The number of nitrogens with one attached hydrogen (secondary N) is 2. The minimum absolute atomic E-state index is 0.262. The Balaban J connectivity index is 1.97. The molecule has 1 aliphatic heterocycles. The van der Waals surface area contributed by atoms with E-state index in [2.05, 4.69) is 10.6 Å². The zero-order chi connectivity index (χ0) is 16.1. The molecular formula is C15H19N3O4. The number of rotatable bonds is 5. The standard InChI is InChI=1S/C15H19N3O4/c1-18-11-7-4-3-6-10(11)12(15(18)21)17-14(20)13(19)16-8-5-9-22-2/h3-4,6-7,12H,5,8-9H2,1-2H3,(H,16,19)(H,17,20)/t12-/m1/s1. The molecule has 0 bridgehead atoms. The van der Waals surface area contributed by atoms with E-state index in [9.17, 15) is 14.4 Å². The zero-order valence-corrected chi connectivity index (χ0v) is 12.6. The first-order valence-corrected chi connectivity index (χ1v) is 7.00. The van der Waals surface area contributed by atoms with Gasteiger partial charge in [0.25, 0.3) is 5.91 Å². The molecule has 1 aliphatic rings. The van der Waals surface area contributed by atoms with Crippen LogP contribution in [0, 0.1) is 0 Å². The fourth-order valence-electron chi connectivity index (χ4n) is 2.32. The molecule has 1 aromatic rings. The number of ether oxygens (including phenoxy) is 1. The molecule has 22 heavy (non-hydrogen) atoms. The van der Waals surface area contributed by atoms with E-state index in [0.717, 1.165) is 5.69 Å². The highest BCUT2D eigenvalue weighted by Gasteiger charge is 2.36. The van der Waals surface area contributed by atoms with Crippen LogP contribution in [0.3, 0.4) is 0 Å². The number of carbonyl (C=O) groups is 3. The monoisotopic (exact) mass is 305 g/mol. The summed E-state index contributed by atoms with van der Waals surface area (Å²) in [5, 5.41) is 4.97. The van der Waals surface area contributed by atoms with Crippen molar-refractivity contribution in [1.29, 1.82) is 0 Å². The number of para-hydroxylation sites is 1. The molecule has 0 saturated heterocycles. The average molecular weight is 305 g/mol. The number of anilines is 1. The van der Waals surface area contributed by atoms with Crippen molar-refractivity contribution in [1.82, 2.24) is 10.6 Å². The van der Waals surface area contributed by atoms with E-state index in [1.807, 2.05) is 6.07 Å². The summed E-state index contributed by atoms with van der Waals surface area (Å²) in [4.78, 5) is 37.3. The Kier molecular flexibility index (Phi) is 5.11. The normalized spacial score (nSPS) is 16.4. The number of hydrogen-bond donors (Lipinski definition) is 2. The number of hydrogen-bond acceptors (Lipinski definition) is 4. The van der Waals surface area contributed by atoms with E-state index in [1.54, 1.807) is 32.4 Å². The summed E-state index contributed by atoms with van der Waals surface area (Å²) in [7, 11) is 3.20. The second kappa shape index (κ2) is 7.04. The third-order valence-corrected chi connectivity index (χ3v) is 3.48. The number of carbonyl (C=O) groups excluding carboxylic acids is 3. The fourth-order valence-corrected chi connectivity index (χ4v) is 2.32. The molecule has 0 saturated carbocycles. The van der Waals surface area contributed by atoms with Gasteiger partial charge in [0.1, 0.15) is 6.04 Å². The lowest BCUT2D eigenvalue weighted by Crippen LogP contribution is -2.44. The molecule has 0 aliphatic carbocycles. The first-order valence-electron chi connectivity index (χ1n) is 7.00. The van der Waals surface area contributed by atoms with E-state index in [4.69, 9.17) is 4.74 Å². The van der Waals surface area contributed by atoms with Crippen LogP contribution in [0.2, 0.25) is 0 Å². The molecule has 0 fully saturated rings. The summed E-state index contributed by atoms with van der Waals surface area (Å²) < 4.78 is 4.85. The first kappa shape index (κ1) is 16.0. The number of methoxy groups -OCH3 is 1. The molecule has 0 spiro atoms. The Labute approximate surface area is 128 Å². The van der Waals surface area contributed by atoms with Crippen molar-refractivity contribution in [2.75, 3.05) is 32.2 Å². The Hall–Kier alpha value is -2.41. The van der Waals surface area contributed by atoms with Crippen LogP contribution in [0.4, 0.5) is 5.69 Å². The van der Waals surface area contributed by atoms with Gasteiger partial charge in [-0.05, 0) is 12.5 Å². The highest BCUT2D eigenvalue weighted by atomic mass is 16.5. The highest BCUT2D eigenvalue weighted by Crippen LogP contribution is 2.34. The van der Waals surface area contributed by atoms with E-state index in [1.165, 1.54) is 4.90 Å². The molecular weight excluding hydrogens is 286 g/mol. The molecule has 2 N–H and O–H groups in total. The summed E-state index contributed by atoms with van der Waals surface area (Å²) in [6.45, 7) is 0.844. The quantitative estimate of drug-likeness (QED) is 0.591. The zero-order valence-electron chi connectivity index (χ0n) is 12.6. The maximum absolute atomic E-state index is 12.2. The summed E-state index contributed by atoms with van der Waals surface area (Å²) in [5.41, 5.74) is 1.42. The van der Waals surface area contributed by atoms with Crippen LogP contribution in [0.1, 0.15) is 18.0 Å². The fraction of sp³-hybridized carbons (Fsp3) is 0.400. The SMILES string of the molecule is COCCCNC(=O)C(=O)N[C@H]1C(=O)N(C)c2ccccc21. The van der Waals surface area contributed by atoms with Crippen LogP contribution in [0.25, 0.3) is 0 Å². The Morgan fingerprint density at radius 2 is 2.00 bits per heavy atom. The Bertz CT molecular complexity index is 588. The molecule has 3 amide bonds. The lowest BCUT2D eigenvalue weighted by Gasteiger charge is -2.13. The van der Waals surface area contributed by atoms with Gasteiger partial charge in [0.15, 0.2) is 0 Å². The van der Waals surface area contributed by atoms with Crippen molar-refractivity contribution in [3.8, 4) is 0 Å². The maximum Gasteiger partial charge on any atom is 0.310 e. The predicted molar refractivity (Wildman–Crippen MR) is 80.2 cm³/mol. The molecule has 1 heterocycles. The molecule has 0 unspecified atom stereocenters. The van der Waals surface area contributed by atoms with Gasteiger partial charge >= 0.3 is 11.8 Å². The number of amides is 3. The molecule has 0 aromatic heterocycles. The van der Waals surface area contributed by atoms with E-state index < -0.39 is 17.9 Å². The van der Waals surface area contributed by atoms with Gasteiger partial charge in [-0.1, -0.05) is 18.2 Å². The summed E-state index contributed by atoms with van der Waals surface area (Å²) in [6, 6.07) is 6.34. The van der Waals surface area contributed by atoms with Gasteiger partial charge < -0.3 is 20.3 Å². The number of nitrogens with zero attached hydrogens (tertiary/aromatic N) is 1. The second-order valence-electron chi connectivity index (χ2n) is 4.96. The van der Waals surface area contributed by atoms with Gasteiger partial charge in [-0.15, -0.1) is 0 Å². The molecule has 7 nitrogen and oxygen atoms in total. The van der Waals surface area contributed by atoms with Crippen LogP contribution < -0.4 is 15.5 Å². The van der Waals surface area contributed by atoms with Crippen LogP contribution in [0.5, 0.6) is 0 Å². The predicted octanol–water partition coefficient (Wildman–Crippen LogP) is -0.0270. The van der Waals surface area contributed by atoms with Gasteiger partial charge in [0.2, 0.25) is 0 Å². The average Bonchev–Trinajstić information content (AvgIpc) is 2.77. The molecule has 2 rings (SSSR count). The van der Waals surface area contributed by atoms with Crippen molar-refractivity contribution in [3.05, 3.63) is 29.8 Å². The maximum atomic E-state index is 12.2. The smallest absolute Gasteiger partial charge is 0.310 e. The molecule has 7 heteroatoms. The van der Waals surface area contributed by atoms with Crippen molar-refractivity contribution in [3.63, 3.8) is 0 Å². The van der Waals surface area contributed by atoms with Crippen molar-refractivity contribution >= 4 is 23.4 Å². The molecule has 1 aromatic carbocycles. The van der Waals surface area contributed by atoms with Crippen molar-refractivity contribution < 1.29 is 19.1 Å². The van der Waals surface area contributed by atoms with Crippen molar-refractivity contribution in [2.45, 2.75) is 12.5 Å². The Morgan fingerprint density at radius 1 is 1.27 bits per heavy atom. The summed E-state index contributed by atoms with van der Waals surface area (Å²) >= 11 is 0. The number of fused-ring (bicyclic) bond motifs is 1. The summed E-state index contributed by atoms with van der Waals surface area (Å²) in [6.07, 6.45) is 0.615. The largest absolute Gasteiger partial charge is 0.385 e. The van der Waals surface area contributed by atoms with Gasteiger partial charge in [-0.3, -0.25) is 14.4 Å². The van der Waals surface area contributed by atoms with Crippen LogP contribution >= 0.6 is 0 Å². The first-order chi connectivity index (χ1) is 10.6. The van der Waals surface area contributed by atoms with Gasteiger partial charge in [-0.2, -0.15) is 0 Å². The third-order valence-electron chi connectivity index (χ3n) is 3.48. The minimum atomic E-state index is -0.821. The second-order valence-corrected chi connectivity index (χ2v) is 4.96. The number of benzene rings is 1. The highest BCUT2D eigenvalue weighted by molar-refractivity contribution is 6.35. The van der Waals surface area contributed by atoms with Crippen LogP contribution in [0.15, 0.2) is 24.3 Å². The van der Waals surface area contributed by atoms with Gasteiger partial charge in [0, 0.05) is 38.6 Å². The van der Waals surface area contributed by atoms with Crippen LogP contribution in [-0.4, -0.2) is 45.0 Å². The van der Waals surface area contributed by atoms with Crippen LogP contribution in [-0.2, 0) is 19.1 Å².